The number of rotatable bonds is 6. The van der Waals surface area contributed by atoms with Gasteiger partial charge in [0.25, 0.3) is 0 Å². The molecule has 0 spiro atoms. The van der Waals surface area contributed by atoms with E-state index in [-0.39, 0.29) is 12.1 Å². The molecule has 4 nitrogen and oxygen atoms in total. The Morgan fingerprint density at radius 1 is 1.19 bits per heavy atom. The van der Waals surface area contributed by atoms with Crippen molar-refractivity contribution < 1.29 is 9.47 Å². The van der Waals surface area contributed by atoms with E-state index in [2.05, 4.69) is 22.4 Å². The Kier molecular flexibility index (Phi) is 5.17. The first kappa shape index (κ1) is 15.3. The zero-order valence-electron chi connectivity index (χ0n) is 13.0. The van der Waals surface area contributed by atoms with Gasteiger partial charge in [0.1, 0.15) is 11.5 Å². The summed E-state index contributed by atoms with van der Waals surface area (Å²) < 4.78 is 11.2. The van der Waals surface area contributed by atoms with Crippen LogP contribution in [0.3, 0.4) is 0 Å². The Hall–Kier alpha value is -2.07. The van der Waals surface area contributed by atoms with Gasteiger partial charge in [0, 0.05) is 11.8 Å². The number of methoxy groups -OCH3 is 1. The van der Waals surface area contributed by atoms with Crippen LogP contribution in [-0.4, -0.2) is 25.2 Å². The van der Waals surface area contributed by atoms with E-state index in [1.165, 1.54) is 0 Å². The van der Waals surface area contributed by atoms with Crippen molar-refractivity contribution in [1.29, 1.82) is 0 Å². The van der Waals surface area contributed by atoms with Gasteiger partial charge in [0.15, 0.2) is 0 Å². The Bertz CT molecular complexity index is 585. The predicted molar refractivity (Wildman–Crippen MR) is 83.9 cm³/mol. The Morgan fingerprint density at radius 3 is 2.67 bits per heavy atom. The van der Waals surface area contributed by atoms with Crippen molar-refractivity contribution in [2.24, 2.45) is 0 Å². The molecule has 0 amide bonds. The first-order valence-electron chi connectivity index (χ1n) is 7.07. The molecule has 0 bridgehead atoms. The molecule has 0 aliphatic carbocycles. The quantitative estimate of drug-likeness (QED) is 0.885. The number of pyridine rings is 1. The van der Waals surface area contributed by atoms with Crippen LogP contribution >= 0.6 is 0 Å². The van der Waals surface area contributed by atoms with Crippen molar-refractivity contribution in [2.45, 2.75) is 26.0 Å². The Balaban J connectivity index is 2.37. The molecule has 0 aliphatic heterocycles. The molecule has 1 aromatic heterocycles. The molecule has 0 saturated heterocycles. The van der Waals surface area contributed by atoms with E-state index < -0.39 is 0 Å². The van der Waals surface area contributed by atoms with E-state index in [9.17, 15) is 0 Å². The van der Waals surface area contributed by atoms with Crippen molar-refractivity contribution in [1.82, 2.24) is 10.3 Å². The van der Waals surface area contributed by atoms with Gasteiger partial charge in [0.2, 0.25) is 0 Å². The molecule has 0 saturated carbocycles. The molecule has 0 radical (unpaired) electrons. The van der Waals surface area contributed by atoms with Crippen LogP contribution in [-0.2, 0) is 0 Å². The summed E-state index contributed by atoms with van der Waals surface area (Å²) in [5.74, 6) is 1.64. The Morgan fingerprint density at radius 2 is 2.00 bits per heavy atom. The van der Waals surface area contributed by atoms with Crippen LogP contribution in [0.15, 0.2) is 42.7 Å². The van der Waals surface area contributed by atoms with Crippen LogP contribution < -0.4 is 14.8 Å². The van der Waals surface area contributed by atoms with E-state index in [1.54, 1.807) is 19.5 Å². The molecule has 2 rings (SSSR count). The van der Waals surface area contributed by atoms with Gasteiger partial charge in [-0.05, 0) is 44.7 Å². The molecule has 112 valence electrons. The highest BCUT2D eigenvalue weighted by Gasteiger charge is 2.17. The third-order valence-corrected chi connectivity index (χ3v) is 3.20. The fourth-order valence-electron chi connectivity index (χ4n) is 2.34. The van der Waals surface area contributed by atoms with E-state index in [4.69, 9.17) is 9.47 Å². The summed E-state index contributed by atoms with van der Waals surface area (Å²) in [5.41, 5.74) is 2.18. The van der Waals surface area contributed by atoms with Crippen molar-refractivity contribution in [2.75, 3.05) is 14.2 Å². The van der Waals surface area contributed by atoms with Gasteiger partial charge in [-0.25, -0.2) is 0 Å². The van der Waals surface area contributed by atoms with E-state index in [0.29, 0.717) is 0 Å². The summed E-state index contributed by atoms with van der Waals surface area (Å²) in [6.07, 6.45) is 3.66. The topological polar surface area (TPSA) is 43.4 Å². The molecular formula is C17H22N2O2. The molecule has 2 aromatic rings. The molecule has 0 aliphatic rings. The fourth-order valence-corrected chi connectivity index (χ4v) is 2.34. The fraction of sp³-hybridized carbons (Fsp3) is 0.353. The second kappa shape index (κ2) is 7.09. The number of ether oxygens (including phenoxy) is 2. The normalized spacial score (nSPS) is 12.2. The number of nitrogens with zero attached hydrogens (tertiary/aromatic N) is 1. The lowest BCUT2D eigenvalue weighted by atomic mass is 9.99. The van der Waals surface area contributed by atoms with Crippen molar-refractivity contribution in [3.05, 3.63) is 53.9 Å². The minimum absolute atomic E-state index is 0.0265. The average molecular weight is 286 g/mol. The van der Waals surface area contributed by atoms with Crippen molar-refractivity contribution in [3.8, 4) is 11.5 Å². The average Bonchev–Trinajstić information content (AvgIpc) is 2.48. The molecule has 1 atom stereocenters. The molecule has 1 heterocycles. The van der Waals surface area contributed by atoms with Gasteiger partial charge in [-0.3, -0.25) is 4.98 Å². The third kappa shape index (κ3) is 3.73. The maximum Gasteiger partial charge on any atom is 0.142 e. The molecule has 4 heteroatoms. The minimum Gasteiger partial charge on any atom is -0.495 e. The Labute approximate surface area is 126 Å². The zero-order valence-corrected chi connectivity index (χ0v) is 13.0. The summed E-state index contributed by atoms with van der Waals surface area (Å²) in [7, 11) is 3.59. The van der Waals surface area contributed by atoms with Gasteiger partial charge in [-0.1, -0.05) is 12.1 Å². The zero-order chi connectivity index (χ0) is 15.2. The van der Waals surface area contributed by atoms with Crippen LogP contribution in [0, 0.1) is 0 Å². The smallest absolute Gasteiger partial charge is 0.142 e. The van der Waals surface area contributed by atoms with Crippen molar-refractivity contribution >= 4 is 0 Å². The first-order chi connectivity index (χ1) is 10.2. The SMILES string of the molecule is CNC(c1cccc(OC(C)C)c1)c1ccncc1OC. The first-order valence-corrected chi connectivity index (χ1v) is 7.07. The second-order valence-electron chi connectivity index (χ2n) is 5.08. The number of hydrogen-bond acceptors (Lipinski definition) is 4. The van der Waals surface area contributed by atoms with E-state index >= 15 is 0 Å². The molecular weight excluding hydrogens is 264 g/mol. The largest absolute Gasteiger partial charge is 0.495 e. The molecule has 1 N–H and O–H groups in total. The van der Waals surface area contributed by atoms with Gasteiger partial charge >= 0.3 is 0 Å². The highest BCUT2D eigenvalue weighted by atomic mass is 16.5. The van der Waals surface area contributed by atoms with Gasteiger partial charge < -0.3 is 14.8 Å². The summed E-state index contributed by atoms with van der Waals surface area (Å²) in [6, 6.07) is 10.1. The van der Waals surface area contributed by atoms with Gasteiger partial charge in [-0.15, -0.1) is 0 Å². The summed E-state index contributed by atoms with van der Waals surface area (Å²) in [5, 5.41) is 3.33. The standard InChI is InChI=1S/C17H22N2O2/c1-12(2)21-14-7-5-6-13(10-14)17(18-3)15-8-9-19-11-16(15)20-4/h5-12,17-18H,1-4H3. The van der Waals surface area contributed by atoms with Gasteiger partial charge in [0.05, 0.1) is 25.5 Å². The van der Waals surface area contributed by atoms with Gasteiger partial charge in [-0.2, -0.15) is 0 Å². The maximum atomic E-state index is 5.77. The molecule has 0 fully saturated rings. The molecule has 1 aromatic carbocycles. The lowest BCUT2D eigenvalue weighted by Gasteiger charge is -2.20. The van der Waals surface area contributed by atoms with Crippen LogP contribution in [0.4, 0.5) is 0 Å². The lowest BCUT2D eigenvalue weighted by molar-refractivity contribution is 0.242. The monoisotopic (exact) mass is 286 g/mol. The van der Waals surface area contributed by atoms with E-state index in [0.717, 1.165) is 22.6 Å². The van der Waals surface area contributed by atoms with Crippen LogP contribution in [0.5, 0.6) is 11.5 Å². The van der Waals surface area contributed by atoms with Crippen LogP contribution in [0.2, 0.25) is 0 Å². The third-order valence-electron chi connectivity index (χ3n) is 3.20. The van der Waals surface area contributed by atoms with Crippen LogP contribution in [0.25, 0.3) is 0 Å². The minimum atomic E-state index is 0.0265. The molecule has 21 heavy (non-hydrogen) atoms. The summed E-state index contributed by atoms with van der Waals surface area (Å²) in [6.45, 7) is 4.04. The van der Waals surface area contributed by atoms with E-state index in [1.807, 2.05) is 39.1 Å². The summed E-state index contributed by atoms with van der Waals surface area (Å²) >= 11 is 0. The second-order valence-corrected chi connectivity index (χ2v) is 5.08. The van der Waals surface area contributed by atoms with Crippen molar-refractivity contribution in [3.63, 3.8) is 0 Å². The predicted octanol–water partition coefficient (Wildman–Crippen LogP) is 3.19. The highest BCUT2D eigenvalue weighted by Crippen LogP contribution is 2.30. The summed E-state index contributed by atoms with van der Waals surface area (Å²) in [4.78, 5) is 4.11. The number of aromatic nitrogens is 1. The van der Waals surface area contributed by atoms with Crippen LogP contribution in [0.1, 0.15) is 31.0 Å². The number of nitrogens with one attached hydrogen (secondary N) is 1. The number of hydrogen-bond donors (Lipinski definition) is 1. The molecule has 1 unspecified atom stereocenters. The maximum absolute atomic E-state index is 5.77. The number of benzene rings is 1. The lowest BCUT2D eigenvalue weighted by Crippen LogP contribution is -2.18. The highest BCUT2D eigenvalue weighted by molar-refractivity contribution is 5.41.